The van der Waals surface area contributed by atoms with Crippen molar-refractivity contribution < 1.29 is 9.84 Å². The van der Waals surface area contributed by atoms with Crippen molar-refractivity contribution >= 4 is 0 Å². The Morgan fingerprint density at radius 1 is 1.42 bits per heavy atom. The molecule has 0 fully saturated rings. The van der Waals surface area contributed by atoms with E-state index in [1.165, 1.54) is 0 Å². The van der Waals surface area contributed by atoms with Gasteiger partial charge in [0.05, 0.1) is 6.61 Å². The summed E-state index contributed by atoms with van der Waals surface area (Å²) in [5.74, 6) is 0.757. The molecule has 0 aliphatic heterocycles. The Kier molecular flexibility index (Phi) is 2.71. The highest BCUT2D eigenvalue weighted by Gasteiger charge is 2.17. The van der Waals surface area contributed by atoms with Gasteiger partial charge in [0.25, 0.3) is 0 Å². The van der Waals surface area contributed by atoms with Gasteiger partial charge in [0.2, 0.25) is 0 Å². The molecule has 65 valence electrons. The van der Waals surface area contributed by atoms with E-state index < -0.39 is 5.60 Å². The highest BCUT2D eigenvalue weighted by Crippen LogP contribution is 2.16. The normalized spacial score (nSPS) is 11.2. The molecular weight excluding hydrogens is 152 g/mol. The number of aliphatic hydroxyl groups excluding tert-OH is 1. The highest BCUT2D eigenvalue weighted by molar-refractivity contribution is 5.21. The highest BCUT2D eigenvalue weighted by atomic mass is 16.5. The van der Waals surface area contributed by atoms with Crippen LogP contribution in [0.15, 0.2) is 24.3 Å². The zero-order chi connectivity index (χ0) is 9.03. The van der Waals surface area contributed by atoms with Crippen LogP contribution in [0.4, 0.5) is 0 Å². The van der Waals surface area contributed by atoms with E-state index in [9.17, 15) is 0 Å². The molecule has 1 aromatic carbocycles. The van der Waals surface area contributed by atoms with Gasteiger partial charge in [-0.15, -0.1) is 0 Å². The van der Waals surface area contributed by atoms with Gasteiger partial charge in [-0.05, 0) is 32.0 Å². The summed E-state index contributed by atoms with van der Waals surface area (Å²) < 4.78 is 5.48. The Morgan fingerprint density at radius 3 is 2.50 bits per heavy atom. The molecule has 0 atom stereocenters. The molecule has 0 spiro atoms. The summed E-state index contributed by atoms with van der Waals surface area (Å²) in [6.45, 7) is 3.68. The second-order valence-corrected chi connectivity index (χ2v) is 3.26. The van der Waals surface area contributed by atoms with Crippen LogP contribution < -0.4 is 4.74 Å². The molecule has 1 aromatic rings. The molecule has 1 radical (unpaired) electrons. The number of benzene rings is 1. The Morgan fingerprint density at radius 2 is 2.00 bits per heavy atom. The summed E-state index contributed by atoms with van der Waals surface area (Å²) >= 11 is 0. The number of hydrogen-bond donors (Lipinski definition) is 1. The van der Waals surface area contributed by atoms with Crippen LogP contribution in [0, 0.1) is 6.07 Å². The van der Waals surface area contributed by atoms with Crippen molar-refractivity contribution in [1.82, 2.24) is 0 Å². The molecule has 12 heavy (non-hydrogen) atoms. The smallest absolute Gasteiger partial charge is 0.126 e. The van der Waals surface area contributed by atoms with E-state index in [4.69, 9.17) is 9.84 Å². The molecule has 0 bridgehead atoms. The lowest BCUT2D eigenvalue weighted by Gasteiger charge is -2.23. The summed E-state index contributed by atoms with van der Waals surface area (Å²) in [7, 11) is 0. The van der Waals surface area contributed by atoms with E-state index in [0.717, 1.165) is 5.75 Å². The van der Waals surface area contributed by atoms with Crippen molar-refractivity contribution in [3.8, 4) is 5.75 Å². The average Bonchev–Trinajstić information content (AvgIpc) is 2.06. The average molecular weight is 165 g/mol. The lowest BCUT2D eigenvalue weighted by Crippen LogP contribution is -2.32. The summed E-state index contributed by atoms with van der Waals surface area (Å²) in [6, 6.07) is 10.1. The predicted molar refractivity (Wildman–Crippen MR) is 47.1 cm³/mol. The maximum atomic E-state index is 8.92. The molecule has 0 aliphatic carbocycles. The van der Waals surface area contributed by atoms with Gasteiger partial charge in [-0.3, -0.25) is 0 Å². The van der Waals surface area contributed by atoms with E-state index in [2.05, 4.69) is 6.07 Å². The fourth-order valence-corrected chi connectivity index (χ4v) is 0.791. The van der Waals surface area contributed by atoms with Gasteiger partial charge in [0.1, 0.15) is 11.4 Å². The third kappa shape index (κ3) is 2.55. The van der Waals surface area contributed by atoms with Gasteiger partial charge < -0.3 is 9.84 Å². The van der Waals surface area contributed by atoms with E-state index in [-0.39, 0.29) is 6.61 Å². The predicted octanol–water partition coefficient (Wildman–Crippen LogP) is 1.64. The molecule has 0 aliphatic rings. The first-order chi connectivity index (χ1) is 5.64. The zero-order valence-corrected chi connectivity index (χ0v) is 7.37. The minimum Gasteiger partial charge on any atom is -0.485 e. The minimum atomic E-state index is -0.513. The first-order valence-electron chi connectivity index (χ1n) is 3.90. The Labute approximate surface area is 72.8 Å². The van der Waals surface area contributed by atoms with Crippen molar-refractivity contribution in [3.63, 3.8) is 0 Å². The zero-order valence-electron chi connectivity index (χ0n) is 7.37. The van der Waals surface area contributed by atoms with Crippen molar-refractivity contribution in [2.45, 2.75) is 19.4 Å². The Hall–Kier alpha value is -1.02. The van der Waals surface area contributed by atoms with Crippen LogP contribution in [0.1, 0.15) is 13.8 Å². The van der Waals surface area contributed by atoms with E-state index >= 15 is 0 Å². The van der Waals surface area contributed by atoms with Crippen molar-refractivity contribution in [3.05, 3.63) is 30.3 Å². The SMILES string of the molecule is CC(C)(CO)Oc1cc[c]cc1. The molecular formula is C10H13O2. The van der Waals surface area contributed by atoms with E-state index in [1.807, 2.05) is 26.0 Å². The number of ether oxygens (including phenoxy) is 1. The van der Waals surface area contributed by atoms with Crippen LogP contribution >= 0.6 is 0 Å². The van der Waals surface area contributed by atoms with Crippen LogP contribution in [-0.4, -0.2) is 17.3 Å². The van der Waals surface area contributed by atoms with Gasteiger partial charge in [-0.25, -0.2) is 0 Å². The molecule has 0 saturated heterocycles. The maximum absolute atomic E-state index is 8.92. The van der Waals surface area contributed by atoms with Gasteiger partial charge in [-0.1, -0.05) is 12.1 Å². The fraction of sp³-hybridized carbons (Fsp3) is 0.400. The van der Waals surface area contributed by atoms with Crippen LogP contribution in [0.5, 0.6) is 5.75 Å². The van der Waals surface area contributed by atoms with Crippen LogP contribution in [0.2, 0.25) is 0 Å². The topological polar surface area (TPSA) is 29.5 Å². The van der Waals surface area contributed by atoms with Crippen molar-refractivity contribution in [2.24, 2.45) is 0 Å². The third-order valence-electron chi connectivity index (χ3n) is 1.46. The first-order valence-corrected chi connectivity index (χ1v) is 3.90. The number of hydrogen-bond acceptors (Lipinski definition) is 2. The number of rotatable bonds is 3. The van der Waals surface area contributed by atoms with Crippen LogP contribution in [0.25, 0.3) is 0 Å². The lowest BCUT2D eigenvalue weighted by atomic mass is 10.1. The van der Waals surface area contributed by atoms with Gasteiger partial charge in [-0.2, -0.15) is 0 Å². The molecule has 0 heterocycles. The molecule has 0 saturated carbocycles. The minimum absolute atomic E-state index is 0.00556. The van der Waals surface area contributed by atoms with Gasteiger partial charge in [0, 0.05) is 0 Å². The van der Waals surface area contributed by atoms with E-state index in [1.54, 1.807) is 12.1 Å². The molecule has 2 nitrogen and oxygen atoms in total. The van der Waals surface area contributed by atoms with Crippen LogP contribution in [0.3, 0.4) is 0 Å². The van der Waals surface area contributed by atoms with Crippen molar-refractivity contribution in [2.75, 3.05) is 6.61 Å². The summed E-state index contributed by atoms with van der Waals surface area (Å²) in [5.41, 5.74) is -0.513. The summed E-state index contributed by atoms with van der Waals surface area (Å²) in [6.07, 6.45) is 0. The number of aliphatic hydroxyl groups is 1. The fourth-order valence-electron chi connectivity index (χ4n) is 0.791. The molecule has 1 N–H and O–H groups in total. The van der Waals surface area contributed by atoms with Crippen molar-refractivity contribution in [1.29, 1.82) is 0 Å². The Balaban J connectivity index is 2.64. The summed E-state index contributed by atoms with van der Waals surface area (Å²) in [4.78, 5) is 0. The summed E-state index contributed by atoms with van der Waals surface area (Å²) in [5, 5.41) is 8.92. The first kappa shape index (κ1) is 9.07. The third-order valence-corrected chi connectivity index (χ3v) is 1.46. The molecule has 1 rings (SSSR count). The maximum Gasteiger partial charge on any atom is 0.126 e. The monoisotopic (exact) mass is 165 g/mol. The second-order valence-electron chi connectivity index (χ2n) is 3.26. The van der Waals surface area contributed by atoms with E-state index in [0.29, 0.717) is 0 Å². The largest absolute Gasteiger partial charge is 0.485 e. The molecule has 0 unspecified atom stereocenters. The standard InChI is InChI=1S/C10H13O2/c1-10(2,8-11)12-9-6-4-3-5-7-9/h4-7,11H,8H2,1-2H3. The van der Waals surface area contributed by atoms with Gasteiger partial charge in [0.15, 0.2) is 0 Å². The lowest BCUT2D eigenvalue weighted by molar-refractivity contribution is 0.0412. The van der Waals surface area contributed by atoms with Crippen LogP contribution in [-0.2, 0) is 0 Å². The Bertz CT molecular complexity index is 229. The quantitative estimate of drug-likeness (QED) is 0.737. The molecule has 2 heteroatoms. The second kappa shape index (κ2) is 3.59. The van der Waals surface area contributed by atoms with Gasteiger partial charge >= 0.3 is 0 Å². The molecule has 0 aromatic heterocycles. The molecule has 0 amide bonds.